The normalized spacial score (nSPS) is 30.3. The zero-order valence-electron chi connectivity index (χ0n) is 8.70. The third-order valence-corrected chi connectivity index (χ3v) is 3.17. The fourth-order valence-corrected chi connectivity index (χ4v) is 2.02. The number of nitrogens with two attached hydrogens (primary N) is 1. The van der Waals surface area contributed by atoms with Crippen molar-refractivity contribution in [1.29, 1.82) is 0 Å². The molecule has 0 aromatic heterocycles. The summed E-state index contributed by atoms with van der Waals surface area (Å²) >= 11 is 0. The van der Waals surface area contributed by atoms with Crippen LogP contribution in [0.15, 0.2) is 0 Å². The SMILES string of the molecule is CN1CCC(NC(=O)C(N)C2CC2)C1. The number of rotatable bonds is 3. The number of carbonyl (C=O) groups is 1. The van der Waals surface area contributed by atoms with Gasteiger partial charge in [0.25, 0.3) is 0 Å². The van der Waals surface area contributed by atoms with Crippen LogP contribution in [-0.2, 0) is 4.79 Å². The van der Waals surface area contributed by atoms with Gasteiger partial charge < -0.3 is 16.0 Å². The number of likely N-dealkylation sites (N-methyl/N-ethyl adjacent to an activating group) is 1. The largest absolute Gasteiger partial charge is 0.351 e. The summed E-state index contributed by atoms with van der Waals surface area (Å²) in [7, 11) is 2.08. The van der Waals surface area contributed by atoms with Crippen molar-refractivity contribution in [3.8, 4) is 0 Å². The fraction of sp³-hybridized carbons (Fsp3) is 0.900. The van der Waals surface area contributed by atoms with Crippen molar-refractivity contribution < 1.29 is 4.79 Å². The number of nitrogens with zero attached hydrogens (tertiary/aromatic N) is 1. The summed E-state index contributed by atoms with van der Waals surface area (Å²) in [4.78, 5) is 13.9. The van der Waals surface area contributed by atoms with E-state index < -0.39 is 0 Å². The molecule has 2 fully saturated rings. The van der Waals surface area contributed by atoms with Gasteiger partial charge in [0.1, 0.15) is 0 Å². The van der Waals surface area contributed by atoms with Crippen molar-refractivity contribution in [2.24, 2.45) is 11.7 Å². The van der Waals surface area contributed by atoms with E-state index in [4.69, 9.17) is 5.73 Å². The first-order valence-electron chi connectivity index (χ1n) is 5.41. The monoisotopic (exact) mass is 197 g/mol. The summed E-state index contributed by atoms with van der Waals surface area (Å²) in [5, 5.41) is 3.02. The van der Waals surface area contributed by atoms with Crippen LogP contribution in [-0.4, -0.2) is 43.0 Å². The van der Waals surface area contributed by atoms with E-state index in [1.807, 2.05) is 0 Å². The quantitative estimate of drug-likeness (QED) is 0.644. The summed E-state index contributed by atoms with van der Waals surface area (Å²) < 4.78 is 0. The lowest BCUT2D eigenvalue weighted by Crippen LogP contribution is -2.47. The third-order valence-electron chi connectivity index (χ3n) is 3.17. The molecule has 0 bridgehead atoms. The molecule has 1 aliphatic heterocycles. The molecule has 14 heavy (non-hydrogen) atoms. The van der Waals surface area contributed by atoms with Gasteiger partial charge >= 0.3 is 0 Å². The standard InChI is InChI=1S/C10H19N3O/c1-13-5-4-8(6-13)12-10(14)9(11)7-2-3-7/h7-9H,2-6,11H2,1H3,(H,12,14). The van der Waals surface area contributed by atoms with Crippen LogP contribution >= 0.6 is 0 Å². The van der Waals surface area contributed by atoms with E-state index in [0.29, 0.717) is 12.0 Å². The van der Waals surface area contributed by atoms with E-state index in [-0.39, 0.29) is 11.9 Å². The summed E-state index contributed by atoms with van der Waals surface area (Å²) in [6, 6.07) is 0.0539. The van der Waals surface area contributed by atoms with Crippen molar-refractivity contribution in [2.75, 3.05) is 20.1 Å². The first-order valence-corrected chi connectivity index (χ1v) is 5.41. The third kappa shape index (κ3) is 2.25. The molecule has 3 N–H and O–H groups in total. The molecule has 4 heteroatoms. The molecule has 0 spiro atoms. The Kier molecular flexibility index (Phi) is 2.74. The van der Waals surface area contributed by atoms with Crippen LogP contribution < -0.4 is 11.1 Å². The van der Waals surface area contributed by atoms with Gasteiger partial charge in [-0.05, 0) is 38.8 Å². The maximum atomic E-state index is 11.6. The molecule has 1 aliphatic carbocycles. The number of carbonyl (C=O) groups excluding carboxylic acids is 1. The van der Waals surface area contributed by atoms with Gasteiger partial charge in [-0.3, -0.25) is 4.79 Å². The highest BCUT2D eigenvalue weighted by molar-refractivity contribution is 5.82. The average molecular weight is 197 g/mol. The molecule has 2 unspecified atom stereocenters. The van der Waals surface area contributed by atoms with Gasteiger partial charge in [0, 0.05) is 12.6 Å². The van der Waals surface area contributed by atoms with Crippen LogP contribution in [0.1, 0.15) is 19.3 Å². The Morgan fingerprint density at radius 1 is 1.50 bits per heavy atom. The Morgan fingerprint density at radius 3 is 2.71 bits per heavy atom. The maximum absolute atomic E-state index is 11.6. The van der Waals surface area contributed by atoms with Crippen molar-refractivity contribution in [2.45, 2.75) is 31.3 Å². The number of nitrogens with one attached hydrogen (secondary N) is 1. The second-order valence-corrected chi connectivity index (χ2v) is 4.62. The summed E-state index contributed by atoms with van der Waals surface area (Å²) in [5.74, 6) is 0.502. The van der Waals surface area contributed by atoms with Crippen LogP contribution in [0, 0.1) is 5.92 Å². The summed E-state index contributed by atoms with van der Waals surface area (Å²) in [6.07, 6.45) is 3.30. The minimum atomic E-state index is -0.263. The van der Waals surface area contributed by atoms with Gasteiger partial charge in [-0.25, -0.2) is 0 Å². The fourth-order valence-electron chi connectivity index (χ4n) is 2.02. The van der Waals surface area contributed by atoms with Gasteiger partial charge in [-0.1, -0.05) is 0 Å². The molecule has 4 nitrogen and oxygen atoms in total. The molecule has 80 valence electrons. The van der Waals surface area contributed by atoms with E-state index in [2.05, 4.69) is 17.3 Å². The first-order chi connectivity index (χ1) is 6.66. The van der Waals surface area contributed by atoms with Crippen molar-refractivity contribution in [3.05, 3.63) is 0 Å². The van der Waals surface area contributed by atoms with Gasteiger partial charge in [-0.2, -0.15) is 0 Å². The number of hydrogen-bond donors (Lipinski definition) is 2. The molecule has 1 saturated carbocycles. The Hall–Kier alpha value is -0.610. The number of hydrogen-bond acceptors (Lipinski definition) is 3. The highest BCUT2D eigenvalue weighted by atomic mass is 16.2. The predicted octanol–water partition coefficient (Wildman–Crippen LogP) is -0.456. The molecule has 1 saturated heterocycles. The van der Waals surface area contributed by atoms with Crippen molar-refractivity contribution in [3.63, 3.8) is 0 Å². The van der Waals surface area contributed by atoms with Gasteiger partial charge in [0.2, 0.25) is 5.91 Å². The van der Waals surface area contributed by atoms with Crippen LogP contribution in [0.2, 0.25) is 0 Å². The van der Waals surface area contributed by atoms with Gasteiger partial charge in [-0.15, -0.1) is 0 Å². The summed E-state index contributed by atoms with van der Waals surface area (Å²) in [6.45, 7) is 2.03. The van der Waals surface area contributed by atoms with Crippen LogP contribution in [0.25, 0.3) is 0 Å². The van der Waals surface area contributed by atoms with Gasteiger partial charge in [0.15, 0.2) is 0 Å². The Bertz CT molecular complexity index is 227. The van der Waals surface area contributed by atoms with E-state index >= 15 is 0 Å². The average Bonchev–Trinajstić information content (AvgIpc) is 2.91. The topological polar surface area (TPSA) is 58.4 Å². The molecule has 1 amide bonds. The lowest BCUT2D eigenvalue weighted by molar-refractivity contribution is -0.123. The van der Waals surface area contributed by atoms with E-state index in [0.717, 1.165) is 32.4 Å². The van der Waals surface area contributed by atoms with Crippen LogP contribution in [0.4, 0.5) is 0 Å². The van der Waals surface area contributed by atoms with E-state index in [1.54, 1.807) is 0 Å². The van der Waals surface area contributed by atoms with Crippen LogP contribution in [0.3, 0.4) is 0 Å². The Balaban J connectivity index is 1.76. The highest BCUT2D eigenvalue weighted by Gasteiger charge is 2.34. The second-order valence-electron chi connectivity index (χ2n) is 4.62. The first kappa shape index (κ1) is 9.93. The predicted molar refractivity (Wildman–Crippen MR) is 54.7 cm³/mol. The zero-order chi connectivity index (χ0) is 10.1. The lowest BCUT2D eigenvalue weighted by atomic mass is 10.1. The minimum Gasteiger partial charge on any atom is -0.351 e. The lowest BCUT2D eigenvalue weighted by Gasteiger charge is -2.16. The smallest absolute Gasteiger partial charge is 0.237 e. The molecular formula is C10H19N3O. The van der Waals surface area contributed by atoms with E-state index in [1.165, 1.54) is 0 Å². The molecule has 1 heterocycles. The highest BCUT2D eigenvalue weighted by Crippen LogP contribution is 2.31. The Morgan fingerprint density at radius 2 is 2.21 bits per heavy atom. The molecule has 0 aromatic rings. The minimum absolute atomic E-state index is 0.0489. The van der Waals surface area contributed by atoms with Crippen molar-refractivity contribution in [1.82, 2.24) is 10.2 Å². The summed E-state index contributed by atoms with van der Waals surface area (Å²) in [5.41, 5.74) is 5.81. The van der Waals surface area contributed by atoms with Gasteiger partial charge in [0.05, 0.1) is 6.04 Å². The molecule has 2 rings (SSSR count). The zero-order valence-corrected chi connectivity index (χ0v) is 8.70. The maximum Gasteiger partial charge on any atom is 0.237 e. The molecule has 0 aromatic carbocycles. The molecule has 0 radical (unpaired) electrons. The van der Waals surface area contributed by atoms with Crippen molar-refractivity contribution >= 4 is 5.91 Å². The van der Waals surface area contributed by atoms with Crippen LogP contribution in [0.5, 0.6) is 0 Å². The molecule has 2 atom stereocenters. The molecule has 2 aliphatic rings. The molecular weight excluding hydrogens is 178 g/mol. The second kappa shape index (κ2) is 3.87. The Labute approximate surface area is 84.8 Å². The number of amides is 1. The number of likely N-dealkylation sites (tertiary alicyclic amines) is 1. The van der Waals surface area contributed by atoms with E-state index in [9.17, 15) is 4.79 Å².